The van der Waals surface area contributed by atoms with Gasteiger partial charge >= 0.3 is 5.97 Å². The van der Waals surface area contributed by atoms with Crippen LogP contribution < -0.4 is 0 Å². The Hall–Kier alpha value is -2.01. The summed E-state index contributed by atoms with van der Waals surface area (Å²) in [5, 5.41) is 19.7. The van der Waals surface area contributed by atoms with Crippen molar-refractivity contribution in [3.8, 4) is 5.75 Å². The fourth-order valence-corrected chi connectivity index (χ4v) is 3.98. The highest BCUT2D eigenvalue weighted by Gasteiger charge is 2.28. The van der Waals surface area contributed by atoms with Crippen molar-refractivity contribution in [2.75, 3.05) is 0 Å². The van der Waals surface area contributed by atoms with E-state index in [1.54, 1.807) is 17.6 Å². The monoisotopic (exact) mass is 349 g/mol. The topological polar surface area (TPSA) is 79.5 Å². The van der Waals surface area contributed by atoms with E-state index in [2.05, 4.69) is 0 Å². The molecule has 0 amide bonds. The van der Waals surface area contributed by atoms with Crippen LogP contribution in [-0.2, 0) is 11.2 Å². The number of carbonyl (C=O) groups is 2. The van der Waals surface area contributed by atoms with Crippen molar-refractivity contribution in [2.45, 2.75) is 45.4 Å². The van der Waals surface area contributed by atoms with Crippen molar-refractivity contribution in [1.29, 1.82) is 0 Å². The fraction of sp³-hybridized carbons (Fsp3) is 0.444. The molecular weight excluding hydrogens is 330 g/mol. The maximum Gasteiger partial charge on any atom is 0.307 e. The first-order valence-corrected chi connectivity index (χ1v) is 8.57. The van der Waals surface area contributed by atoms with E-state index in [4.69, 9.17) is 11.6 Å². The molecule has 1 aliphatic carbocycles. The summed E-state index contributed by atoms with van der Waals surface area (Å²) in [5.74, 6) is -1.16. The summed E-state index contributed by atoms with van der Waals surface area (Å²) >= 11 is 6.22. The van der Waals surface area contributed by atoms with Crippen LogP contribution in [-0.4, -0.2) is 26.7 Å². The Morgan fingerprint density at radius 1 is 1.25 bits per heavy atom. The van der Waals surface area contributed by atoms with Gasteiger partial charge in [-0.05, 0) is 37.5 Å². The molecular formula is C18H20ClNO4. The van der Waals surface area contributed by atoms with Crippen LogP contribution in [0.2, 0.25) is 5.02 Å². The lowest BCUT2D eigenvalue weighted by Gasteiger charge is -2.21. The Morgan fingerprint density at radius 2 is 1.92 bits per heavy atom. The number of phenolic OH excluding ortho intramolecular Hbond substituents is 1. The van der Waals surface area contributed by atoms with Gasteiger partial charge in [0.25, 0.3) is 0 Å². The number of carboxylic acids is 1. The van der Waals surface area contributed by atoms with Gasteiger partial charge in [-0.3, -0.25) is 14.2 Å². The minimum Gasteiger partial charge on any atom is -0.506 e. The predicted molar refractivity (Wildman–Crippen MR) is 91.9 cm³/mol. The fourth-order valence-electron chi connectivity index (χ4n) is 3.71. The first kappa shape index (κ1) is 16.8. The third-order valence-corrected chi connectivity index (χ3v) is 5.30. The Balaban J connectivity index is 2.20. The summed E-state index contributed by atoms with van der Waals surface area (Å²) in [6, 6.07) is 3.08. The van der Waals surface area contributed by atoms with Gasteiger partial charge in [-0.1, -0.05) is 30.9 Å². The highest BCUT2D eigenvalue weighted by atomic mass is 35.5. The number of nitrogens with zero attached hydrogens (tertiary/aromatic N) is 1. The Bertz CT molecular complexity index is 818. The van der Waals surface area contributed by atoms with Crippen LogP contribution in [0.15, 0.2) is 12.1 Å². The summed E-state index contributed by atoms with van der Waals surface area (Å²) in [7, 11) is 0. The number of aromatic hydroxyl groups is 1. The lowest BCUT2D eigenvalue weighted by atomic mass is 9.88. The summed E-state index contributed by atoms with van der Waals surface area (Å²) in [4.78, 5) is 24.3. The van der Waals surface area contributed by atoms with E-state index >= 15 is 0 Å². The lowest BCUT2D eigenvalue weighted by molar-refractivity contribution is -0.136. The highest BCUT2D eigenvalue weighted by Crippen LogP contribution is 2.38. The van der Waals surface area contributed by atoms with Gasteiger partial charge in [0.2, 0.25) is 5.91 Å². The number of phenols is 1. The molecule has 1 saturated carbocycles. The van der Waals surface area contributed by atoms with E-state index in [1.165, 1.54) is 6.07 Å². The second-order valence-corrected chi connectivity index (χ2v) is 6.81. The summed E-state index contributed by atoms with van der Waals surface area (Å²) in [5.41, 5.74) is 1.65. The maximum absolute atomic E-state index is 13.0. The van der Waals surface area contributed by atoms with Crippen LogP contribution >= 0.6 is 11.6 Å². The minimum absolute atomic E-state index is 0.00408. The van der Waals surface area contributed by atoms with Crippen LogP contribution in [0.4, 0.5) is 0 Å². The largest absolute Gasteiger partial charge is 0.506 e. The van der Waals surface area contributed by atoms with E-state index in [0.29, 0.717) is 22.2 Å². The molecule has 0 unspecified atom stereocenters. The van der Waals surface area contributed by atoms with Gasteiger partial charge < -0.3 is 10.2 Å². The first-order chi connectivity index (χ1) is 11.4. The van der Waals surface area contributed by atoms with Crippen molar-refractivity contribution in [1.82, 2.24) is 4.57 Å². The Morgan fingerprint density at radius 3 is 2.54 bits per heavy atom. The number of benzene rings is 1. The molecule has 1 aromatic heterocycles. The maximum atomic E-state index is 13.0. The van der Waals surface area contributed by atoms with Crippen molar-refractivity contribution in [3.63, 3.8) is 0 Å². The van der Waals surface area contributed by atoms with Gasteiger partial charge in [0.05, 0.1) is 17.0 Å². The SMILES string of the molecule is Cc1c(CC(=O)O)c2c(Cl)c(O)ccc2n1C(=O)C1CCCCC1. The molecule has 1 aliphatic rings. The highest BCUT2D eigenvalue weighted by molar-refractivity contribution is 6.37. The first-order valence-electron chi connectivity index (χ1n) is 8.19. The number of aromatic nitrogens is 1. The number of fused-ring (bicyclic) bond motifs is 1. The standard InChI is InChI=1S/C18H20ClNO4/c1-10-12(9-15(22)23)16-13(7-8-14(21)17(16)19)20(10)18(24)11-5-3-2-4-6-11/h7-8,11,21H,2-6,9H2,1H3,(H,22,23). The average Bonchev–Trinajstić information content (AvgIpc) is 2.83. The van der Waals surface area contributed by atoms with E-state index in [0.717, 1.165) is 32.1 Å². The molecule has 1 heterocycles. The van der Waals surface area contributed by atoms with Gasteiger partial charge in [-0.25, -0.2) is 0 Å². The molecule has 2 aromatic rings. The number of carboxylic acid groups (broad SMARTS) is 1. The molecule has 0 saturated heterocycles. The van der Waals surface area contributed by atoms with Crippen LogP contribution in [0.25, 0.3) is 10.9 Å². The van der Waals surface area contributed by atoms with Gasteiger partial charge in [0, 0.05) is 17.0 Å². The number of hydrogen-bond acceptors (Lipinski definition) is 3. The van der Waals surface area contributed by atoms with Crippen molar-refractivity contribution < 1.29 is 19.8 Å². The molecule has 1 aromatic carbocycles. The quantitative estimate of drug-likeness (QED) is 0.872. The zero-order valence-electron chi connectivity index (χ0n) is 13.5. The van der Waals surface area contributed by atoms with Gasteiger partial charge in [0.15, 0.2) is 0 Å². The predicted octanol–water partition coefficient (Wildman–Crippen LogP) is 4.16. The van der Waals surface area contributed by atoms with Crippen molar-refractivity contribution in [3.05, 3.63) is 28.4 Å². The van der Waals surface area contributed by atoms with E-state index in [1.807, 2.05) is 0 Å². The molecule has 0 aliphatic heterocycles. The minimum atomic E-state index is -0.998. The third kappa shape index (κ3) is 2.77. The van der Waals surface area contributed by atoms with Gasteiger partial charge in [0.1, 0.15) is 5.75 Å². The zero-order chi connectivity index (χ0) is 17.4. The number of hydrogen-bond donors (Lipinski definition) is 2. The summed E-state index contributed by atoms with van der Waals surface area (Å²) < 4.78 is 1.59. The van der Waals surface area contributed by atoms with Crippen LogP contribution in [0.1, 0.15) is 48.2 Å². The molecule has 24 heavy (non-hydrogen) atoms. The van der Waals surface area contributed by atoms with Gasteiger partial charge in [-0.2, -0.15) is 0 Å². The second-order valence-electron chi connectivity index (χ2n) is 6.44. The lowest BCUT2D eigenvalue weighted by Crippen LogP contribution is -2.24. The summed E-state index contributed by atoms with van der Waals surface area (Å²) in [6.07, 6.45) is 4.71. The smallest absolute Gasteiger partial charge is 0.307 e. The number of halogens is 1. The normalized spacial score (nSPS) is 15.8. The van der Waals surface area contributed by atoms with Crippen LogP contribution in [0, 0.1) is 12.8 Å². The summed E-state index contributed by atoms with van der Waals surface area (Å²) in [6.45, 7) is 1.74. The second kappa shape index (κ2) is 6.48. The van der Waals surface area contributed by atoms with E-state index < -0.39 is 5.97 Å². The number of carbonyl (C=O) groups excluding carboxylic acids is 1. The molecule has 2 N–H and O–H groups in total. The van der Waals surface area contributed by atoms with Crippen molar-refractivity contribution >= 4 is 34.4 Å². The molecule has 5 nitrogen and oxygen atoms in total. The molecule has 0 spiro atoms. The van der Waals surface area contributed by atoms with Crippen LogP contribution in [0.3, 0.4) is 0 Å². The van der Waals surface area contributed by atoms with E-state index in [-0.39, 0.29) is 29.0 Å². The number of rotatable bonds is 3. The Kier molecular flexibility index (Phi) is 4.54. The molecule has 0 bridgehead atoms. The molecule has 0 atom stereocenters. The van der Waals surface area contributed by atoms with Gasteiger partial charge in [-0.15, -0.1) is 0 Å². The van der Waals surface area contributed by atoms with Crippen molar-refractivity contribution in [2.24, 2.45) is 5.92 Å². The Labute approximate surface area is 144 Å². The molecule has 128 valence electrons. The third-order valence-electron chi connectivity index (χ3n) is 4.92. The average molecular weight is 350 g/mol. The van der Waals surface area contributed by atoms with Crippen LogP contribution in [0.5, 0.6) is 5.75 Å². The van der Waals surface area contributed by atoms with E-state index in [9.17, 15) is 19.8 Å². The zero-order valence-corrected chi connectivity index (χ0v) is 14.3. The molecule has 1 fully saturated rings. The number of aliphatic carboxylic acids is 1. The molecule has 6 heteroatoms. The molecule has 3 rings (SSSR count). The molecule has 0 radical (unpaired) electrons.